The third kappa shape index (κ3) is 2.98. The molecule has 1 heterocycles. The number of anilines is 1. The molecule has 0 amide bonds. The highest BCUT2D eigenvalue weighted by molar-refractivity contribution is 6.33. The second kappa shape index (κ2) is 4.98. The van der Waals surface area contributed by atoms with Gasteiger partial charge >= 0.3 is 0 Å². The molecule has 0 spiro atoms. The second-order valence-electron chi connectivity index (χ2n) is 5.37. The summed E-state index contributed by atoms with van der Waals surface area (Å²) < 4.78 is 0. The first-order valence-electron chi connectivity index (χ1n) is 6.22. The minimum absolute atomic E-state index is 0.00461. The van der Waals surface area contributed by atoms with E-state index >= 15 is 0 Å². The van der Waals surface area contributed by atoms with Gasteiger partial charge in [-0.25, -0.2) is 0 Å². The van der Waals surface area contributed by atoms with Crippen molar-refractivity contribution < 1.29 is 10.0 Å². The largest absolute Gasteiger partial charge is 0.388 e. The van der Waals surface area contributed by atoms with Crippen LogP contribution in [0.1, 0.15) is 25.3 Å². The fourth-order valence-corrected chi connectivity index (χ4v) is 3.02. The molecule has 0 aromatic heterocycles. The molecule has 1 aliphatic heterocycles. The number of aryl methyl sites for hydroxylation is 1. The molecule has 1 aromatic carbocycles. The Labute approximate surface area is 116 Å². The zero-order chi connectivity index (χ0) is 14.2. The minimum atomic E-state index is -0.740. The number of piperidine rings is 1. The van der Waals surface area contributed by atoms with Crippen LogP contribution < -0.4 is 4.90 Å². The van der Waals surface area contributed by atoms with Gasteiger partial charge in [0.25, 0.3) is 5.69 Å². The van der Waals surface area contributed by atoms with Crippen molar-refractivity contribution in [3.8, 4) is 0 Å². The Hall–Kier alpha value is -1.33. The van der Waals surface area contributed by atoms with Crippen molar-refractivity contribution in [2.75, 3.05) is 18.0 Å². The summed E-state index contributed by atoms with van der Waals surface area (Å²) in [6, 6.07) is 2.89. The molecule has 1 fully saturated rings. The van der Waals surface area contributed by atoms with Crippen molar-refractivity contribution in [2.45, 2.75) is 32.3 Å². The summed E-state index contributed by atoms with van der Waals surface area (Å²) in [6.07, 6.45) is 1.63. The van der Waals surface area contributed by atoms with E-state index in [2.05, 4.69) is 0 Å². The average Bonchev–Trinajstić information content (AvgIpc) is 2.26. The van der Waals surface area contributed by atoms with Gasteiger partial charge in [-0.2, -0.15) is 0 Å². The lowest BCUT2D eigenvalue weighted by atomic mass is 9.94. The number of hydrogen-bond donors (Lipinski definition) is 1. The summed E-state index contributed by atoms with van der Waals surface area (Å²) in [4.78, 5) is 12.3. The number of non-ortho nitro benzene ring substituents is 1. The molecule has 1 unspecified atom stereocenters. The van der Waals surface area contributed by atoms with Crippen molar-refractivity contribution in [3.63, 3.8) is 0 Å². The van der Waals surface area contributed by atoms with Crippen LogP contribution in [0, 0.1) is 17.0 Å². The predicted octanol–water partition coefficient (Wildman–Crippen LogP) is 2.91. The fourth-order valence-electron chi connectivity index (χ4n) is 2.64. The van der Waals surface area contributed by atoms with E-state index in [4.69, 9.17) is 11.6 Å². The Balaban J connectivity index is 2.37. The Bertz CT molecular complexity index is 494. The van der Waals surface area contributed by atoms with Gasteiger partial charge in [-0.1, -0.05) is 11.6 Å². The van der Waals surface area contributed by atoms with Crippen LogP contribution in [0.2, 0.25) is 5.02 Å². The topological polar surface area (TPSA) is 66.6 Å². The van der Waals surface area contributed by atoms with Gasteiger partial charge in [-0.3, -0.25) is 10.1 Å². The first-order valence-corrected chi connectivity index (χ1v) is 6.60. The highest BCUT2D eigenvalue weighted by atomic mass is 35.5. The Kier molecular flexibility index (Phi) is 3.69. The van der Waals surface area contributed by atoms with E-state index in [9.17, 15) is 15.2 Å². The summed E-state index contributed by atoms with van der Waals surface area (Å²) in [7, 11) is 0. The summed E-state index contributed by atoms with van der Waals surface area (Å²) in [5.74, 6) is 0. The highest BCUT2D eigenvalue weighted by Crippen LogP contribution is 2.36. The maximum Gasteiger partial charge on any atom is 0.271 e. The minimum Gasteiger partial charge on any atom is -0.388 e. The molecule has 6 heteroatoms. The van der Waals surface area contributed by atoms with Gasteiger partial charge in [-0.15, -0.1) is 0 Å². The van der Waals surface area contributed by atoms with E-state index in [1.165, 1.54) is 12.1 Å². The summed E-state index contributed by atoms with van der Waals surface area (Å²) >= 11 is 6.18. The Morgan fingerprint density at radius 2 is 2.21 bits per heavy atom. The number of benzene rings is 1. The van der Waals surface area contributed by atoms with Crippen molar-refractivity contribution in [1.82, 2.24) is 0 Å². The first kappa shape index (κ1) is 14.1. The van der Waals surface area contributed by atoms with Crippen molar-refractivity contribution in [3.05, 3.63) is 32.8 Å². The average molecular weight is 285 g/mol. The molecule has 0 aliphatic carbocycles. The normalized spacial score (nSPS) is 23.5. The molecular weight excluding hydrogens is 268 g/mol. The molecule has 1 saturated heterocycles. The van der Waals surface area contributed by atoms with Crippen molar-refractivity contribution in [1.29, 1.82) is 0 Å². The van der Waals surface area contributed by atoms with E-state index in [0.717, 1.165) is 30.6 Å². The lowest BCUT2D eigenvalue weighted by molar-refractivity contribution is -0.384. The van der Waals surface area contributed by atoms with Crippen molar-refractivity contribution >= 4 is 23.0 Å². The molecule has 1 aromatic rings. The van der Waals surface area contributed by atoms with Crippen LogP contribution in [-0.4, -0.2) is 28.7 Å². The van der Waals surface area contributed by atoms with Crippen LogP contribution in [0.5, 0.6) is 0 Å². The van der Waals surface area contributed by atoms with E-state index < -0.39 is 10.5 Å². The number of nitrogens with zero attached hydrogens (tertiary/aromatic N) is 2. The Morgan fingerprint density at radius 1 is 1.53 bits per heavy atom. The van der Waals surface area contributed by atoms with E-state index in [1.54, 1.807) is 13.8 Å². The van der Waals surface area contributed by atoms with E-state index in [0.29, 0.717) is 11.6 Å². The van der Waals surface area contributed by atoms with Crippen LogP contribution in [0.15, 0.2) is 12.1 Å². The van der Waals surface area contributed by atoms with E-state index in [-0.39, 0.29) is 5.69 Å². The number of hydrogen-bond acceptors (Lipinski definition) is 4. The molecule has 19 heavy (non-hydrogen) atoms. The van der Waals surface area contributed by atoms with Crippen LogP contribution in [-0.2, 0) is 0 Å². The van der Waals surface area contributed by atoms with Gasteiger partial charge in [0.1, 0.15) is 0 Å². The number of aliphatic hydroxyl groups is 1. The number of nitro benzene ring substituents is 1. The second-order valence-corrected chi connectivity index (χ2v) is 5.78. The predicted molar refractivity (Wildman–Crippen MR) is 74.9 cm³/mol. The van der Waals surface area contributed by atoms with Gasteiger partial charge < -0.3 is 10.0 Å². The molecule has 1 atom stereocenters. The van der Waals surface area contributed by atoms with Gasteiger partial charge in [0.2, 0.25) is 0 Å². The van der Waals surface area contributed by atoms with E-state index in [1.807, 2.05) is 4.90 Å². The SMILES string of the molecule is Cc1cc([N+](=O)[O-])cc(Cl)c1N1CCCC(C)(O)C1. The maximum atomic E-state index is 10.8. The lowest BCUT2D eigenvalue weighted by Crippen LogP contribution is -2.46. The number of nitro groups is 1. The first-order chi connectivity index (χ1) is 8.80. The quantitative estimate of drug-likeness (QED) is 0.670. The summed E-state index contributed by atoms with van der Waals surface area (Å²) in [5, 5.41) is 21.3. The van der Waals surface area contributed by atoms with Crippen LogP contribution in [0.3, 0.4) is 0 Å². The zero-order valence-electron chi connectivity index (χ0n) is 11.0. The molecule has 0 radical (unpaired) electrons. The molecule has 1 N–H and O–H groups in total. The number of rotatable bonds is 2. The fraction of sp³-hybridized carbons (Fsp3) is 0.538. The maximum absolute atomic E-state index is 10.8. The van der Waals surface area contributed by atoms with Gasteiger partial charge in [0, 0.05) is 25.2 Å². The van der Waals surface area contributed by atoms with Crippen LogP contribution in [0.25, 0.3) is 0 Å². The number of β-amino-alcohol motifs (C(OH)–C–C–N with tert-alkyl or cyclic N) is 1. The van der Waals surface area contributed by atoms with Gasteiger partial charge in [0.15, 0.2) is 0 Å². The monoisotopic (exact) mass is 284 g/mol. The standard InChI is InChI=1S/C13H17ClN2O3/c1-9-6-10(16(18)19)7-11(14)12(9)15-5-3-4-13(2,17)8-15/h6-7,17H,3-5,8H2,1-2H3. The van der Waals surface area contributed by atoms with Crippen molar-refractivity contribution in [2.24, 2.45) is 0 Å². The Morgan fingerprint density at radius 3 is 2.74 bits per heavy atom. The lowest BCUT2D eigenvalue weighted by Gasteiger charge is -2.39. The third-order valence-corrected chi connectivity index (χ3v) is 3.73. The van der Waals surface area contributed by atoms with Crippen LogP contribution in [0.4, 0.5) is 11.4 Å². The molecule has 1 aliphatic rings. The summed E-state index contributed by atoms with van der Waals surface area (Å²) in [6.45, 7) is 4.89. The molecule has 0 saturated carbocycles. The van der Waals surface area contributed by atoms with Gasteiger partial charge in [0.05, 0.1) is 21.2 Å². The molecular formula is C13H17ClN2O3. The number of halogens is 1. The van der Waals surface area contributed by atoms with Gasteiger partial charge in [-0.05, 0) is 32.3 Å². The molecule has 5 nitrogen and oxygen atoms in total. The van der Waals surface area contributed by atoms with Crippen LogP contribution >= 0.6 is 11.6 Å². The molecule has 104 valence electrons. The summed E-state index contributed by atoms with van der Waals surface area (Å²) in [5.41, 5.74) is 0.801. The highest BCUT2D eigenvalue weighted by Gasteiger charge is 2.30. The zero-order valence-corrected chi connectivity index (χ0v) is 11.8. The smallest absolute Gasteiger partial charge is 0.271 e. The molecule has 2 rings (SSSR count). The molecule has 0 bridgehead atoms. The third-order valence-electron chi connectivity index (χ3n) is 3.44.